The summed E-state index contributed by atoms with van der Waals surface area (Å²) in [6.45, 7) is 4.42. The van der Waals surface area contributed by atoms with Crippen LogP contribution in [0.2, 0.25) is 0 Å². The van der Waals surface area contributed by atoms with Gasteiger partial charge in [0.1, 0.15) is 23.0 Å². The molecule has 3 aliphatic rings. The Kier molecular flexibility index (Phi) is 7.96. The Morgan fingerprint density at radius 2 is 1.83 bits per heavy atom. The molecular weight excluding hydrogens is 582 g/mol. The van der Waals surface area contributed by atoms with E-state index >= 15 is 0 Å². The standard InChI is InChI=1S/C36H39N5O5/c1-20(2)32(40-36(44)45-3)35(43)41-14-6-9-29(41)27-16-24(18-37-27)22-10-12-25-31(17-22)46-30-13-11-23(15-26(30)33(25)42)28-19-38-34(39-28)21-7-4-5-8-21/h10-13,15,17-21,29,32H,4-9,14,16H2,1-3H3,(H,38,39)(H,40,44)/t29-,32-/m0/s1. The van der Waals surface area contributed by atoms with Crippen molar-refractivity contribution in [3.63, 3.8) is 0 Å². The van der Waals surface area contributed by atoms with Crippen LogP contribution in [-0.2, 0) is 9.53 Å². The molecule has 1 saturated heterocycles. The highest BCUT2D eigenvalue weighted by molar-refractivity contribution is 6.04. The van der Waals surface area contributed by atoms with Gasteiger partial charge in [0, 0.05) is 36.4 Å². The smallest absolute Gasteiger partial charge is 0.407 e. The van der Waals surface area contributed by atoms with Gasteiger partial charge in [0.25, 0.3) is 0 Å². The van der Waals surface area contributed by atoms with E-state index in [-0.39, 0.29) is 23.3 Å². The van der Waals surface area contributed by atoms with Gasteiger partial charge in [-0.25, -0.2) is 9.78 Å². The Morgan fingerprint density at radius 3 is 2.61 bits per heavy atom. The third kappa shape index (κ3) is 5.50. The average Bonchev–Trinajstić information content (AvgIpc) is 3.89. The van der Waals surface area contributed by atoms with E-state index in [1.165, 1.54) is 32.8 Å². The molecule has 0 spiro atoms. The van der Waals surface area contributed by atoms with Crippen molar-refractivity contribution in [2.24, 2.45) is 10.9 Å². The van der Waals surface area contributed by atoms with Crippen LogP contribution in [-0.4, -0.2) is 58.3 Å². The zero-order valence-electron chi connectivity index (χ0n) is 26.5. The fourth-order valence-corrected chi connectivity index (χ4v) is 7.19. The van der Waals surface area contributed by atoms with Gasteiger partial charge < -0.3 is 24.4 Å². The number of hydrogen-bond donors (Lipinski definition) is 2. The number of H-pyrrole nitrogens is 1. The largest absolute Gasteiger partial charge is 0.456 e. The number of hydrogen-bond acceptors (Lipinski definition) is 7. The molecule has 0 radical (unpaired) electrons. The number of benzene rings is 2. The molecule has 2 fully saturated rings. The van der Waals surface area contributed by atoms with Gasteiger partial charge in [0.05, 0.1) is 35.8 Å². The fraction of sp³-hybridized carbons (Fsp3) is 0.417. The number of alkyl carbamates (subject to hydrolysis) is 1. The number of nitrogens with one attached hydrogen (secondary N) is 2. The number of fused-ring (bicyclic) bond motifs is 2. The number of ether oxygens (including phenoxy) is 1. The molecule has 4 heterocycles. The molecule has 238 valence electrons. The van der Waals surface area contributed by atoms with Crippen molar-refractivity contribution in [2.75, 3.05) is 13.7 Å². The Balaban J connectivity index is 1.10. The number of aliphatic imine (C=N–C) groups is 1. The number of amides is 2. The van der Waals surface area contributed by atoms with Crippen LogP contribution < -0.4 is 10.7 Å². The number of carbonyl (C=O) groups is 2. The van der Waals surface area contributed by atoms with Gasteiger partial charge in [-0.05, 0) is 73.1 Å². The summed E-state index contributed by atoms with van der Waals surface area (Å²) in [6.07, 6.45) is 10.2. The minimum absolute atomic E-state index is 0.0714. The maximum Gasteiger partial charge on any atom is 0.407 e. The summed E-state index contributed by atoms with van der Waals surface area (Å²) in [4.78, 5) is 53.8. The van der Waals surface area contributed by atoms with Crippen LogP contribution in [0.1, 0.15) is 76.1 Å². The normalized spacial score (nSPS) is 19.2. The van der Waals surface area contributed by atoms with Crippen LogP contribution in [0.4, 0.5) is 4.79 Å². The first-order chi connectivity index (χ1) is 22.3. The lowest BCUT2D eigenvalue weighted by Gasteiger charge is -2.31. The SMILES string of the molecule is COC(=O)N[C@H](C(=O)N1CCC[C@H]1C1=NC=C(c2ccc3c(=O)c4cc(-c5cnc(C6CCCC6)[nH]5)ccc4oc3c2)C1)C(C)C. The van der Waals surface area contributed by atoms with E-state index in [4.69, 9.17) is 14.1 Å². The van der Waals surface area contributed by atoms with Gasteiger partial charge >= 0.3 is 6.09 Å². The molecule has 1 aliphatic carbocycles. The zero-order chi connectivity index (χ0) is 31.9. The zero-order valence-corrected chi connectivity index (χ0v) is 26.5. The first-order valence-electron chi connectivity index (χ1n) is 16.3. The maximum atomic E-state index is 13.6. The molecular formula is C36H39N5O5. The summed E-state index contributed by atoms with van der Waals surface area (Å²) in [5.74, 6) is 1.30. The number of aromatic amines is 1. The van der Waals surface area contributed by atoms with Crippen molar-refractivity contribution in [1.29, 1.82) is 0 Å². The van der Waals surface area contributed by atoms with Crippen LogP contribution in [0.5, 0.6) is 0 Å². The van der Waals surface area contributed by atoms with Crippen molar-refractivity contribution in [3.05, 3.63) is 70.4 Å². The number of imidazole rings is 1. The summed E-state index contributed by atoms with van der Waals surface area (Å²) in [5, 5.41) is 3.76. The summed E-state index contributed by atoms with van der Waals surface area (Å²) < 4.78 is 11.0. The second-order valence-electron chi connectivity index (χ2n) is 13.0. The van der Waals surface area contributed by atoms with Crippen molar-refractivity contribution in [2.45, 2.75) is 76.8 Å². The highest BCUT2D eigenvalue weighted by Crippen LogP contribution is 2.35. The molecule has 10 heteroatoms. The molecule has 7 rings (SSSR count). The number of likely N-dealkylation sites (tertiary alicyclic amines) is 1. The minimum Gasteiger partial charge on any atom is -0.456 e. The second kappa shape index (κ2) is 12.2. The first kappa shape index (κ1) is 30.0. The summed E-state index contributed by atoms with van der Waals surface area (Å²) in [7, 11) is 1.29. The van der Waals surface area contributed by atoms with Gasteiger partial charge in [-0.2, -0.15) is 0 Å². The van der Waals surface area contributed by atoms with Gasteiger partial charge in [-0.1, -0.05) is 32.8 Å². The van der Waals surface area contributed by atoms with Gasteiger partial charge in [0.15, 0.2) is 0 Å². The lowest BCUT2D eigenvalue weighted by atomic mass is 9.96. The highest BCUT2D eigenvalue weighted by atomic mass is 16.5. The minimum atomic E-state index is -0.675. The van der Waals surface area contributed by atoms with E-state index < -0.39 is 12.1 Å². The second-order valence-corrected chi connectivity index (χ2v) is 13.0. The molecule has 2 N–H and O–H groups in total. The van der Waals surface area contributed by atoms with Crippen molar-refractivity contribution < 1.29 is 18.7 Å². The molecule has 4 aromatic rings. The van der Waals surface area contributed by atoms with E-state index in [1.807, 2.05) is 67.5 Å². The molecule has 2 aliphatic heterocycles. The monoisotopic (exact) mass is 621 g/mol. The van der Waals surface area contributed by atoms with E-state index in [2.05, 4.69) is 15.3 Å². The van der Waals surface area contributed by atoms with Crippen LogP contribution in [0.25, 0.3) is 38.8 Å². The Bertz CT molecular complexity index is 1950. The number of aromatic nitrogens is 2. The Labute approximate surface area is 266 Å². The van der Waals surface area contributed by atoms with Gasteiger partial charge in [-0.3, -0.25) is 14.6 Å². The quantitative estimate of drug-likeness (QED) is 0.225. The number of allylic oxidation sites excluding steroid dienone is 1. The average molecular weight is 622 g/mol. The number of methoxy groups -OCH3 is 1. The molecule has 10 nitrogen and oxygen atoms in total. The Morgan fingerprint density at radius 1 is 1.02 bits per heavy atom. The highest BCUT2D eigenvalue weighted by Gasteiger charge is 2.38. The van der Waals surface area contributed by atoms with Gasteiger partial charge in [-0.15, -0.1) is 0 Å². The van der Waals surface area contributed by atoms with E-state index in [1.54, 1.807) is 0 Å². The van der Waals surface area contributed by atoms with E-state index in [0.717, 1.165) is 46.8 Å². The van der Waals surface area contributed by atoms with Crippen molar-refractivity contribution in [3.8, 4) is 11.3 Å². The third-order valence-electron chi connectivity index (χ3n) is 9.76. The Hall–Kier alpha value is -4.73. The third-order valence-corrected chi connectivity index (χ3v) is 9.76. The van der Waals surface area contributed by atoms with Crippen LogP contribution in [0.3, 0.4) is 0 Å². The first-order valence-corrected chi connectivity index (χ1v) is 16.3. The predicted octanol–water partition coefficient (Wildman–Crippen LogP) is 6.55. The molecule has 1 saturated carbocycles. The molecule has 2 aromatic carbocycles. The predicted molar refractivity (Wildman–Crippen MR) is 178 cm³/mol. The number of rotatable bonds is 7. The molecule has 2 amide bonds. The molecule has 2 atom stereocenters. The summed E-state index contributed by atoms with van der Waals surface area (Å²) in [6, 6.07) is 10.6. The lowest BCUT2D eigenvalue weighted by Crippen LogP contribution is -2.53. The molecule has 0 unspecified atom stereocenters. The topological polar surface area (TPSA) is 130 Å². The molecule has 2 aromatic heterocycles. The summed E-state index contributed by atoms with van der Waals surface area (Å²) in [5.41, 5.74) is 5.64. The lowest BCUT2D eigenvalue weighted by molar-refractivity contribution is -0.134. The number of carbonyl (C=O) groups excluding carboxylic acids is 2. The molecule has 46 heavy (non-hydrogen) atoms. The van der Waals surface area contributed by atoms with Gasteiger partial charge in [0.2, 0.25) is 11.3 Å². The van der Waals surface area contributed by atoms with Crippen LogP contribution >= 0.6 is 0 Å². The summed E-state index contributed by atoms with van der Waals surface area (Å²) >= 11 is 0. The van der Waals surface area contributed by atoms with Crippen LogP contribution in [0, 0.1) is 5.92 Å². The van der Waals surface area contributed by atoms with E-state index in [9.17, 15) is 14.4 Å². The number of nitrogens with zero attached hydrogens (tertiary/aromatic N) is 3. The van der Waals surface area contributed by atoms with E-state index in [0.29, 0.717) is 40.8 Å². The van der Waals surface area contributed by atoms with Crippen molar-refractivity contribution in [1.82, 2.24) is 20.2 Å². The van der Waals surface area contributed by atoms with Crippen LogP contribution in [0.15, 0.2) is 63.0 Å². The fourth-order valence-electron chi connectivity index (χ4n) is 7.19. The maximum absolute atomic E-state index is 13.6. The van der Waals surface area contributed by atoms with Crippen molar-refractivity contribution >= 4 is 45.2 Å². The molecule has 0 bridgehead atoms.